The minimum atomic E-state index is 0.984. The summed E-state index contributed by atoms with van der Waals surface area (Å²) in [5.74, 6) is 0. The third-order valence-electron chi connectivity index (χ3n) is 3.42. The van der Waals surface area contributed by atoms with E-state index in [4.69, 9.17) is 0 Å². The van der Waals surface area contributed by atoms with Gasteiger partial charge in [0, 0.05) is 31.5 Å². The SMILES string of the molecule is c1ccc2c(c1)CCN2CCCNc1cn[nH]c1. The van der Waals surface area contributed by atoms with Crippen molar-refractivity contribution in [1.82, 2.24) is 10.2 Å². The Morgan fingerprint density at radius 2 is 2.28 bits per heavy atom. The van der Waals surface area contributed by atoms with Crippen LogP contribution < -0.4 is 10.2 Å². The highest BCUT2D eigenvalue weighted by atomic mass is 15.1. The van der Waals surface area contributed by atoms with E-state index < -0.39 is 0 Å². The molecule has 0 bridgehead atoms. The van der Waals surface area contributed by atoms with Gasteiger partial charge in [0.15, 0.2) is 0 Å². The first kappa shape index (κ1) is 11.1. The van der Waals surface area contributed by atoms with Crippen molar-refractivity contribution in [2.45, 2.75) is 12.8 Å². The van der Waals surface area contributed by atoms with Gasteiger partial charge >= 0.3 is 0 Å². The molecule has 0 atom stereocenters. The van der Waals surface area contributed by atoms with E-state index in [1.807, 2.05) is 12.4 Å². The summed E-state index contributed by atoms with van der Waals surface area (Å²) in [6.45, 7) is 3.26. The van der Waals surface area contributed by atoms with E-state index in [0.29, 0.717) is 0 Å². The lowest BCUT2D eigenvalue weighted by molar-refractivity contribution is 0.773. The molecule has 0 amide bonds. The summed E-state index contributed by atoms with van der Waals surface area (Å²) in [4.78, 5) is 2.48. The van der Waals surface area contributed by atoms with Gasteiger partial charge in [-0.05, 0) is 24.5 Å². The molecule has 0 radical (unpaired) electrons. The molecule has 0 fully saturated rings. The molecule has 2 aromatic rings. The minimum absolute atomic E-state index is 0.984. The predicted molar refractivity (Wildman–Crippen MR) is 74.1 cm³/mol. The number of nitrogens with zero attached hydrogens (tertiary/aromatic N) is 2. The minimum Gasteiger partial charge on any atom is -0.382 e. The molecule has 0 aliphatic carbocycles. The number of aromatic amines is 1. The van der Waals surface area contributed by atoms with Crippen molar-refractivity contribution >= 4 is 11.4 Å². The largest absolute Gasteiger partial charge is 0.382 e. The van der Waals surface area contributed by atoms with E-state index in [-0.39, 0.29) is 0 Å². The average molecular weight is 242 g/mol. The second-order valence-corrected chi connectivity index (χ2v) is 4.63. The van der Waals surface area contributed by atoms with Crippen LogP contribution in [0.15, 0.2) is 36.7 Å². The number of benzene rings is 1. The van der Waals surface area contributed by atoms with Crippen LogP contribution in [0.1, 0.15) is 12.0 Å². The summed E-state index contributed by atoms with van der Waals surface area (Å²) in [6.07, 6.45) is 6.02. The molecule has 0 unspecified atom stereocenters. The maximum absolute atomic E-state index is 3.91. The lowest BCUT2D eigenvalue weighted by Gasteiger charge is -2.19. The van der Waals surface area contributed by atoms with Crippen molar-refractivity contribution < 1.29 is 0 Å². The fraction of sp³-hybridized carbons (Fsp3) is 0.357. The summed E-state index contributed by atoms with van der Waals surface area (Å²) < 4.78 is 0. The van der Waals surface area contributed by atoms with Crippen molar-refractivity contribution in [3.63, 3.8) is 0 Å². The number of H-pyrrole nitrogens is 1. The summed E-state index contributed by atoms with van der Waals surface area (Å²) in [7, 11) is 0. The first-order valence-electron chi connectivity index (χ1n) is 6.49. The van der Waals surface area contributed by atoms with E-state index in [0.717, 1.165) is 31.7 Å². The van der Waals surface area contributed by atoms with Gasteiger partial charge in [0.25, 0.3) is 0 Å². The molecule has 94 valence electrons. The fourth-order valence-electron chi connectivity index (χ4n) is 2.49. The molecule has 0 saturated heterocycles. The number of nitrogens with one attached hydrogen (secondary N) is 2. The zero-order chi connectivity index (χ0) is 12.2. The summed E-state index contributed by atoms with van der Waals surface area (Å²) >= 11 is 0. The summed E-state index contributed by atoms with van der Waals surface area (Å²) in [5, 5.41) is 10.1. The third-order valence-corrected chi connectivity index (χ3v) is 3.42. The van der Waals surface area contributed by atoms with E-state index >= 15 is 0 Å². The quantitative estimate of drug-likeness (QED) is 0.791. The van der Waals surface area contributed by atoms with Crippen LogP contribution in [0.2, 0.25) is 0 Å². The van der Waals surface area contributed by atoms with Crippen LogP contribution in [-0.4, -0.2) is 29.8 Å². The maximum Gasteiger partial charge on any atom is 0.0723 e. The lowest BCUT2D eigenvalue weighted by Crippen LogP contribution is -2.23. The molecule has 18 heavy (non-hydrogen) atoms. The van der Waals surface area contributed by atoms with Crippen LogP contribution in [0.25, 0.3) is 0 Å². The number of hydrogen-bond donors (Lipinski definition) is 2. The highest BCUT2D eigenvalue weighted by Crippen LogP contribution is 2.27. The molecule has 2 heterocycles. The predicted octanol–water partition coefficient (Wildman–Crippen LogP) is 2.27. The molecule has 4 heteroatoms. The van der Waals surface area contributed by atoms with Crippen molar-refractivity contribution in [2.24, 2.45) is 0 Å². The van der Waals surface area contributed by atoms with Crippen LogP contribution in [0.4, 0.5) is 11.4 Å². The highest BCUT2D eigenvalue weighted by Gasteiger charge is 2.17. The van der Waals surface area contributed by atoms with Crippen LogP contribution in [0.5, 0.6) is 0 Å². The smallest absolute Gasteiger partial charge is 0.0723 e. The molecule has 2 N–H and O–H groups in total. The van der Waals surface area contributed by atoms with Crippen molar-refractivity contribution in [3.8, 4) is 0 Å². The van der Waals surface area contributed by atoms with E-state index in [9.17, 15) is 0 Å². The van der Waals surface area contributed by atoms with Gasteiger partial charge in [0.05, 0.1) is 11.9 Å². The molecule has 3 rings (SSSR count). The van der Waals surface area contributed by atoms with Gasteiger partial charge in [-0.15, -0.1) is 0 Å². The average Bonchev–Trinajstić information content (AvgIpc) is 3.04. The molecule has 0 saturated carbocycles. The number of anilines is 2. The van der Waals surface area contributed by atoms with Gasteiger partial charge < -0.3 is 10.2 Å². The number of fused-ring (bicyclic) bond motifs is 1. The first-order chi connectivity index (χ1) is 8.93. The maximum atomic E-state index is 3.91. The molecule has 4 nitrogen and oxygen atoms in total. The normalized spacial score (nSPS) is 13.7. The second kappa shape index (κ2) is 5.12. The van der Waals surface area contributed by atoms with E-state index in [1.54, 1.807) is 0 Å². The Labute approximate surface area is 107 Å². The number of hydrogen-bond acceptors (Lipinski definition) is 3. The zero-order valence-electron chi connectivity index (χ0n) is 10.4. The molecule has 1 aromatic heterocycles. The Kier molecular flexibility index (Phi) is 3.17. The van der Waals surface area contributed by atoms with Crippen LogP contribution >= 0.6 is 0 Å². The molecule has 1 aliphatic rings. The molecule has 0 spiro atoms. The Hall–Kier alpha value is -1.97. The van der Waals surface area contributed by atoms with Crippen LogP contribution in [0, 0.1) is 0 Å². The monoisotopic (exact) mass is 242 g/mol. The number of rotatable bonds is 5. The van der Waals surface area contributed by atoms with Crippen molar-refractivity contribution in [2.75, 3.05) is 29.9 Å². The van der Waals surface area contributed by atoms with Gasteiger partial charge in [0.2, 0.25) is 0 Å². The molecular formula is C14H18N4. The Balaban J connectivity index is 1.47. The van der Waals surface area contributed by atoms with Crippen molar-refractivity contribution in [3.05, 3.63) is 42.2 Å². The Morgan fingerprint density at radius 1 is 1.33 bits per heavy atom. The van der Waals surface area contributed by atoms with Crippen LogP contribution in [-0.2, 0) is 6.42 Å². The third kappa shape index (κ3) is 2.32. The highest BCUT2D eigenvalue weighted by molar-refractivity contribution is 5.57. The Bertz CT molecular complexity index is 492. The van der Waals surface area contributed by atoms with Gasteiger partial charge in [-0.3, -0.25) is 5.10 Å². The first-order valence-corrected chi connectivity index (χ1v) is 6.49. The van der Waals surface area contributed by atoms with Crippen LogP contribution in [0.3, 0.4) is 0 Å². The Morgan fingerprint density at radius 3 is 3.17 bits per heavy atom. The van der Waals surface area contributed by atoms with Gasteiger partial charge in [-0.2, -0.15) is 5.10 Å². The second-order valence-electron chi connectivity index (χ2n) is 4.63. The van der Waals surface area contributed by atoms with Crippen molar-refractivity contribution in [1.29, 1.82) is 0 Å². The molecular weight excluding hydrogens is 224 g/mol. The van der Waals surface area contributed by atoms with Gasteiger partial charge in [-0.25, -0.2) is 0 Å². The molecule has 1 aromatic carbocycles. The van der Waals surface area contributed by atoms with E-state index in [1.165, 1.54) is 17.7 Å². The summed E-state index contributed by atoms with van der Waals surface area (Å²) in [5.41, 5.74) is 3.97. The standard InChI is InChI=1S/C14H18N4/c1-2-5-14-12(4-1)6-9-18(14)8-3-7-15-13-10-16-17-11-13/h1-2,4-5,10-11,15H,3,6-9H2,(H,16,17). The lowest BCUT2D eigenvalue weighted by atomic mass is 10.2. The fourth-order valence-corrected chi connectivity index (χ4v) is 2.49. The summed E-state index contributed by atoms with van der Waals surface area (Å²) in [6, 6.07) is 8.72. The number of para-hydroxylation sites is 1. The zero-order valence-corrected chi connectivity index (χ0v) is 10.4. The molecule has 1 aliphatic heterocycles. The van der Waals surface area contributed by atoms with Gasteiger partial charge in [0.1, 0.15) is 0 Å². The van der Waals surface area contributed by atoms with E-state index in [2.05, 4.69) is 44.7 Å². The van der Waals surface area contributed by atoms with Gasteiger partial charge in [-0.1, -0.05) is 18.2 Å². The topological polar surface area (TPSA) is 44.0 Å². The number of aromatic nitrogens is 2.